The number of para-hydroxylation sites is 1. The van der Waals surface area contributed by atoms with E-state index in [0.717, 1.165) is 15.9 Å². The number of carboxylic acid groups (broad SMARTS) is 1. The van der Waals surface area contributed by atoms with Crippen molar-refractivity contribution in [1.82, 2.24) is 4.98 Å². The number of aromatic amines is 1. The number of aromatic nitrogens is 1. The second kappa shape index (κ2) is 5.23. The van der Waals surface area contributed by atoms with Crippen molar-refractivity contribution in [3.63, 3.8) is 0 Å². The third-order valence-electron chi connectivity index (χ3n) is 2.90. The highest BCUT2D eigenvalue weighted by atomic mass is 35.5. The zero-order valence-corrected chi connectivity index (χ0v) is 11.8. The number of H-pyrrole nitrogens is 1. The van der Waals surface area contributed by atoms with Crippen molar-refractivity contribution in [3.05, 3.63) is 59.1 Å². The van der Waals surface area contributed by atoms with Crippen molar-refractivity contribution in [2.24, 2.45) is 0 Å². The fourth-order valence-corrected chi connectivity index (χ4v) is 3.25. The molecule has 0 fully saturated rings. The molecule has 0 saturated carbocycles. The van der Waals surface area contributed by atoms with Gasteiger partial charge in [0.25, 0.3) is 0 Å². The fraction of sp³-hybridized carbons (Fsp3) is 0. The summed E-state index contributed by atoms with van der Waals surface area (Å²) in [6, 6.07) is 14.7. The summed E-state index contributed by atoms with van der Waals surface area (Å²) in [5.41, 5.74) is 1.27. The lowest BCUT2D eigenvalue weighted by molar-refractivity contribution is 0.0693. The van der Waals surface area contributed by atoms with Crippen LogP contribution in [0.2, 0.25) is 5.02 Å². The molecule has 0 radical (unpaired) electrons. The van der Waals surface area contributed by atoms with Gasteiger partial charge in [0.05, 0.1) is 10.6 Å². The van der Waals surface area contributed by atoms with E-state index in [-0.39, 0.29) is 5.56 Å². The Morgan fingerprint density at radius 3 is 2.70 bits per heavy atom. The van der Waals surface area contributed by atoms with E-state index in [2.05, 4.69) is 4.98 Å². The number of hydrogen-bond donors (Lipinski definition) is 2. The van der Waals surface area contributed by atoms with Crippen molar-refractivity contribution in [3.8, 4) is 0 Å². The SMILES string of the molecule is O=C(O)c1ccc(Cl)cc1Sc1cc2ccccc2[nH]1. The molecule has 1 aromatic heterocycles. The molecule has 3 aromatic rings. The molecule has 2 N–H and O–H groups in total. The first-order valence-electron chi connectivity index (χ1n) is 5.92. The van der Waals surface area contributed by atoms with E-state index in [0.29, 0.717) is 9.92 Å². The highest BCUT2D eigenvalue weighted by molar-refractivity contribution is 7.99. The van der Waals surface area contributed by atoms with Gasteiger partial charge in [-0.05, 0) is 30.3 Å². The van der Waals surface area contributed by atoms with Gasteiger partial charge in [-0.15, -0.1) is 0 Å². The van der Waals surface area contributed by atoms with Crippen molar-refractivity contribution in [2.75, 3.05) is 0 Å². The van der Waals surface area contributed by atoms with E-state index in [1.54, 1.807) is 12.1 Å². The van der Waals surface area contributed by atoms with Gasteiger partial charge in [0.2, 0.25) is 0 Å². The standard InChI is InChI=1S/C15H10ClNO2S/c16-10-5-6-11(15(18)19)13(8-10)20-14-7-9-3-1-2-4-12(9)17-14/h1-8,17H,(H,18,19). The topological polar surface area (TPSA) is 53.1 Å². The molecule has 3 nitrogen and oxygen atoms in total. The Hall–Kier alpha value is -1.91. The Kier molecular flexibility index (Phi) is 3.42. The number of nitrogens with one attached hydrogen (secondary N) is 1. The van der Waals surface area contributed by atoms with Gasteiger partial charge in [-0.3, -0.25) is 0 Å². The first-order valence-corrected chi connectivity index (χ1v) is 7.11. The smallest absolute Gasteiger partial charge is 0.336 e. The lowest BCUT2D eigenvalue weighted by atomic mass is 10.2. The lowest BCUT2D eigenvalue weighted by Gasteiger charge is -2.04. The van der Waals surface area contributed by atoms with Gasteiger partial charge in [-0.2, -0.15) is 0 Å². The van der Waals surface area contributed by atoms with Gasteiger partial charge in [-0.25, -0.2) is 4.79 Å². The van der Waals surface area contributed by atoms with Crippen LogP contribution < -0.4 is 0 Å². The summed E-state index contributed by atoms with van der Waals surface area (Å²) in [7, 11) is 0. The molecule has 0 aliphatic rings. The summed E-state index contributed by atoms with van der Waals surface area (Å²) in [6.07, 6.45) is 0. The van der Waals surface area contributed by atoms with E-state index < -0.39 is 5.97 Å². The highest BCUT2D eigenvalue weighted by Gasteiger charge is 2.12. The lowest BCUT2D eigenvalue weighted by Crippen LogP contribution is -1.98. The summed E-state index contributed by atoms with van der Waals surface area (Å²) >= 11 is 7.31. The van der Waals surface area contributed by atoms with Crippen molar-refractivity contribution < 1.29 is 9.90 Å². The quantitative estimate of drug-likeness (QED) is 0.739. The normalized spacial score (nSPS) is 10.8. The number of rotatable bonds is 3. The fourth-order valence-electron chi connectivity index (χ4n) is 1.98. The molecule has 0 amide bonds. The first kappa shape index (κ1) is 13.1. The molecule has 1 heterocycles. The van der Waals surface area contributed by atoms with Crippen LogP contribution in [0.1, 0.15) is 10.4 Å². The maximum atomic E-state index is 11.2. The van der Waals surface area contributed by atoms with Crippen LogP contribution in [-0.4, -0.2) is 16.1 Å². The molecule has 0 aliphatic heterocycles. The van der Waals surface area contributed by atoms with Gasteiger partial charge in [0, 0.05) is 20.8 Å². The molecule has 100 valence electrons. The molecule has 3 rings (SSSR count). The van der Waals surface area contributed by atoms with Gasteiger partial charge in [0.1, 0.15) is 0 Å². The predicted molar refractivity (Wildman–Crippen MR) is 80.8 cm³/mol. The van der Waals surface area contributed by atoms with Crippen LogP contribution in [0, 0.1) is 0 Å². The summed E-state index contributed by atoms with van der Waals surface area (Å²) in [6.45, 7) is 0. The first-order chi connectivity index (χ1) is 9.63. The molecule has 0 bridgehead atoms. The second-order valence-corrected chi connectivity index (χ2v) is 5.79. The van der Waals surface area contributed by atoms with Crippen LogP contribution in [0.5, 0.6) is 0 Å². The average molecular weight is 304 g/mol. The summed E-state index contributed by atoms with van der Waals surface area (Å²) in [4.78, 5) is 15.1. The van der Waals surface area contributed by atoms with Gasteiger partial charge in [-0.1, -0.05) is 41.6 Å². The number of carboxylic acids is 1. The molecular formula is C15H10ClNO2S. The summed E-state index contributed by atoms with van der Waals surface area (Å²) < 4.78 is 0. The molecule has 0 spiro atoms. The molecule has 0 unspecified atom stereocenters. The van der Waals surface area contributed by atoms with E-state index in [9.17, 15) is 9.90 Å². The Labute approximate surface area is 124 Å². The van der Waals surface area contributed by atoms with Crippen molar-refractivity contribution in [1.29, 1.82) is 0 Å². The van der Waals surface area contributed by atoms with E-state index >= 15 is 0 Å². The molecule has 2 aromatic carbocycles. The van der Waals surface area contributed by atoms with Crippen molar-refractivity contribution >= 4 is 40.2 Å². The van der Waals surface area contributed by atoms with Crippen LogP contribution in [0.4, 0.5) is 0 Å². The maximum absolute atomic E-state index is 11.2. The minimum atomic E-state index is -0.958. The molecule has 0 aliphatic carbocycles. The highest BCUT2D eigenvalue weighted by Crippen LogP contribution is 2.33. The number of carbonyl (C=O) groups is 1. The summed E-state index contributed by atoms with van der Waals surface area (Å²) in [5, 5.41) is 11.7. The van der Waals surface area contributed by atoms with Gasteiger partial charge in [0.15, 0.2) is 0 Å². The number of halogens is 1. The zero-order chi connectivity index (χ0) is 14.1. The van der Waals surface area contributed by atoms with Crippen LogP contribution >= 0.6 is 23.4 Å². The van der Waals surface area contributed by atoms with Crippen LogP contribution in [-0.2, 0) is 0 Å². The second-order valence-electron chi connectivity index (χ2n) is 4.27. The predicted octanol–water partition coefficient (Wildman–Crippen LogP) is 4.67. The molecule has 0 saturated heterocycles. The van der Waals surface area contributed by atoms with Crippen LogP contribution in [0.3, 0.4) is 0 Å². The molecule has 20 heavy (non-hydrogen) atoms. The van der Waals surface area contributed by atoms with Crippen LogP contribution in [0.15, 0.2) is 58.5 Å². The Bertz CT molecular complexity index is 764. The van der Waals surface area contributed by atoms with E-state index in [1.807, 2.05) is 30.3 Å². The number of aromatic carboxylic acids is 1. The number of hydrogen-bond acceptors (Lipinski definition) is 2. The average Bonchev–Trinajstić information content (AvgIpc) is 2.80. The summed E-state index contributed by atoms with van der Waals surface area (Å²) in [5.74, 6) is -0.958. The Morgan fingerprint density at radius 2 is 1.95 bits per heavy atom. The molecular weight excluding hydrogens is 294 g/mol. The molecule has 0 atom stereocenters. The third kappa shape index (κ3) is 2.53. The van der Waals surface area contributed by atoms with E-state index in [1.165, 1.54) is 17.8 Å². The number of benzene rings is 2. The van der Waals surface area contributed by atoms with E-state index in [4.69, 9.17) is 11.6 Å². The molecule has 5 heteroatoms. The largest absolute Gasteiger partial charge is 0.478 e. The minimum Gasteiger partial charge on any atom is -0.478 e. The third-order valence-corrected chi connectivity index (χ3v) is 4.13. The minimum absolute atomic E-state index is 0.248. The maximum Gasteiger partial charge on any atom is 0.336 e. The van der Waals surface area contributed by atoms with Crippen LogP contribution in [0.25, 0.3) is 10.9 Å². The monoisotopic (exact) mass is 303 g/mol. The van der Waals surface area contributed by atoms with Gasteiger partial charge >= 0.3 is 5.97 Å². The zero-order valence-electron chi connectivity index (χ0n) is 10.3. The Morgan fingerprint density at radius 1 is 1.15 bits per heavy atom. The van der Waals surface area contributed by atoms with Gasteiger partial charge < -0.3 is 10.1 Å². The van der Waals surface area contributed by atoms with Crippen molar-refractivity contribution in [2.45, 2.75) is 9.92 Å². The Balaban J connectivity index is 2.01. The number of fused-ring (bicyclic) bond motifs is 1.